The van der Waals surface area contributed by atoms with Crippen LogP contribution in [0.4, 0.5) is 0 Å². The molecule has 0 radical (unpaired) electrons. The van der Waals surface area contributed by atoms with E-state index in [9.17, 15) is 4.79 Å². The molecule has 0 saturated carbocycles. The van der Waals surface area contributed by atoms with Crippen molar-refractivity contribution in [2.45, 2.75) is 19.6 Å². The fourth-order valence-corrected chi connectivity index (χ4v) is 4.00. The van der Waals surface area contributed by atoms with Gasteiger partial charge in [0.15, 0.2) is 5.69 Å². The van der Waals surface area contributed by atoms with E-state index in [0.717, 1.165) is 62.0 Å². The van der Waals surface area contributed by atoms with Crippen molar-refractivity contribution in [1.82, 2.24) is 25.1 Å². The number of carbonyl (C=O) groups is 1. The van der Waals surface area contributed by atoms with Crippen LogP contribution in [0, 0.1) is 0 Å². The van der Waals surface area contributed by atoms with Crippen LogP contribution in [0.2, 0.25) is 0 Å². The summed E-state index contributed by atoms with van der Waals surface area (Å²) >= 11 is 0. The third-order valence-corrected chi connectivity index (χ3v) is 6.07. The molecule has 0 aliphatic carbocycles. The van der Waals surface area contributed by atoms with Crippen LogP contribution in [0.3, 0.4) is 0 Å². The number of carbonyl (C=O) groups excluding carboxylic acids is 1. The third kappa shape index (κ3) is 7.27. The zero-order valence-corrected chi connectivity index (χ0v) is 20.8. The van der Waals surface area contributed by atoms with Crippen LogP contribution >= 0.6 is 0 Å². The van der Waals surface area contributed by atoms with Crippen molar-refractivity contribution in [3.63, 3.8) is 0 Å². The lowest BCUT2D eigenvalue weighted by molar-refractivity contribution is 0.0320. The number of pyridine rings is 1. The Bertz CT molecular complexity index is 1100. The first-order valence-corrected chi connectivity index (χ1v) is 12.0. The summed E-state index contributed by atoms with van der Waals surface area (Å²) in [5.41, 5.74) is 2.25. The number of ether oxygens (including phenoxy) is 3. The lowest BCUT2D eigenvalue weighted by Gasteiger charge is -2.29. The summed E-state index contributed by atoms with van der Waals surface area (Å²) in [4.78, 5) is 25.6. The molecular formula is C26H33N5O5. The van der Waals surface area contributed by atoms with E-state index in [4.69, 9.17) is 18.6 Å². The number of methoxy groups -OCH3 is 2. The van der Waals surface area contributed by atoms with Crippen molar-refractivity contribution in [3.05, 3.63) is 71.7 Å². The largest absolute Gasteiger partial charge is 0.497 e. The molecule has 1 aromatic carbocycles. The molecule has 3 aromatic rings. The number of oxazole rings is 1. The standard InChI is InChI=1S/C26H33N5O5/c1-33-22-4-3-21(24(15-22)34-2)17-31(10-9-30-11-13-35-14-12-30)18-25-29-23(19-36-25)26(32)28-16-20-5-7-27-8-6-20/h3-8,15,19H,9-14,16-18H2,1-2H3,(H,28,32). The van der Waals surface area contributed by atoms with Gasteiger partial charge in [0.1, 0.15) is 17.8 Å². The van der Waals surface area contributed by atoms with E-state index >= 15 is 0 Å². The Balaban J connectivity index is 1.42. The zero-order chi connectivity index (χ0) is 25.2. The van der Waals surface area contributed by atoms with Crippen LogP contribution in [-0.4, -0.2) is 79.3 Å². The van der Waals surface area contributed by atoms with Crippen LogP contribution in [0.15, 0.2) is 53.4 Å². The number of rotatable bonds is 12. The second kappa shape index (κ2) is 13.0. The molecule has 0 bridgehead atoms. The lowest BCUT2D eigenvalue weighted by Crippen LogP contribution is -2.41. The molecule has 1 aliphatic rings. The average Bonchev–Trinajstić information content (AvgIpc) is 3.40. The zero-order valence-electron chi connectivity index (χ0n) is 20.8. The van der Waals surface area contributed by atoms with Gasteiger partial charge in [-0.05, 0) is 23.8 Å². The molecule has 0 unspecified atom stereocenters. The summed E-state index contributed by atoms with van der Waals surface area (Å²) < 4.78 is 22.1. The smallest absolute Gasteiger partial charge is 0.273 e. The second-order valence-electron chi connectivity index (χ2n) is 8.51. The van der Waals surface area contributed by atoms with E-state index in [1.54, 1.807) is 26.6 Å². The van der Waals surface area contributed by atoms with E-state index in [-0.39, 0.29) is 11.6 Å². The minimum absolute atomic E-state index is 0.259. The molecule has 36 heavy (non-hydrogen) atoms. The lowest BCUT2D eigenvalue weighted by atomic mass is 10.1. The van der Waals surface area contributed by atoms with Crippen LogP contribution in [0.5, 0.6) is 11.5 Å². The minimum Gasteiger partial charge on any atom is -0.497 e. The van der Waals surface area contributed by atoms with E-state index in [1.807, 2.05) is 30.3 Å². The van der Waals surface area contributed by atoms with Crippen LogP contribution in [0.1, 0.15) is 27.5 Å². The highest BCUT2D eigenvalue weighted by molar-refractivity contribution is 5.91. The van der Waals surface area contributed by atoms with Gasteiger partial charge >= 0.3 is 0 Å². The summed E-state index contributed by atoms with van der Waals surface area (Å²) in [6, 6.07) is 9.52. The number of nitrogens with zero attached hydrogens (tertiary/aromatic N) is 4. The van der Waals surface area contributed by atoms with Crippen molar-refractivity contribution >= 4 is 5.91 Å². The van der Waals surface area contributed by atoms with Gasteiger partial charge in [-0.25, -0.2) is 4.98 Å². The van der Waals surface area contributed by atoms with Crippen LogP contribution in [0.25, 0.3) is 0 Å². The molecule has 1 amide bonds. The number of aromatic nitrogens is 2. The molecule has 10 nitrogen and oxygen atoms in total. The van der Waals surface area contributed by atoms with Crippen molar-refractivity contribution in [1.29, 1.82) is 0 Å². The molecule has 2 aromatic heterocycles. The van der Waals surface area contributed by atoms with E-state index < -0.39 is 0 Å². The third-order valence-electron chi connectivity index (χ3n) is 6.07. The quantitative estimate of drug-likeness (QED) is 0.406. The van der Waals surface area contributed by atoms with E-state index in [1.165, 1.54) is 6.26 Å². The summed E-state index contributed by atoms with van der Waals surface area (Å²) in [5, 5.41) is 2.87. The predicted octanol–water partition coefficient (Wildman–Crippen LogP) is 2.35. The van der Waals surface area contributed by atoms with Crippen LogP contribution in [-0.2, 0) is 24.4 Å². The first-order chi connectivity index (χ1) is 17.6. The SMILES string of the molecule is COc1ccc(CN(CCN2CCOCC2)Cc2nc(C(=O)NCc3ccncc3)co2)c(OC)c1. The Morgan fingerprint density at radius 1 is 1.11 bits per heavy atom. The molecule has 0 spiro atoms. The Labute approximate surface area is 211 Å². The molecule has 3 heterocycles. The van der Waals surface area contributed by atoms with E-state index in [0.29, 0.717) is 25.5 Å². The van der Waals surface area contributed by atoms with Gasteiger partial charge in [0.05, 0.1) is 34.0 Å². The number of hydrogen-bond donors (Lipinski definition) is 1. The summed E-state index contributed by atoms with van der Waals surface area (Å²) in [6.45, 7) is 6.51. The van der Waals surface area contributed by atoms with Gasteiger partial charge in [0, 0.05) is 63.3 Å². The number of morpholine rings is 1. The highest BCUT2D eigenvalue weighted by Crippen LogP contribution is 2.26. The normalized spacial score (nSPS) is 14.1. The van der Waals surface area contributed by atoms with Gasteiger partial charge in [0.25, 0.3) is 5.91 Å². The molecule has 1 aliphatic heterocycles. The summed E-state index contributed by atoms with van der Waals surface area (Å²) in [6.07, 6.45) is 4.79. The van der Waals surface area contributed by atoms with Gasteiger partial charge in [-0.3, -0.25) is 19.6 Å². The van der Waals surface area contributed by atoms with E-state index in [2.05, 4.69) is 25.1 Å². The maximum absolute atomic E-state index is 12.6. The number of hydrogen-bond acceptors (Lipinski definition) is 9. The summed E-state index contributed by atoms with van der Waals surface area (Å²) in [7, 11) is 3.29. The number of nitrogens with one attached hydrogen (secondary N) is 1. The number of amides is 1. The van der Waals surface area contributed by atoms with Gasteiger partial charge in [-0.1, -0.05) is 6.07 Å². The molecule has 1 saturated heterocycles. The Morgan fingerprint density at radius 2 is 1.92 bits per heavy atom. The Kier molecular flexibility index (Phi) is 9.26. The monoisotopic (exact) mass is 495 g/mol. The average molecular weight is 496 g/mol. The molecule has 1 N–H and O–H groups in total. The Hall–Kier alpha value is -3.47. The molecule has 4 rings (SSSR count). The minimum atomic E-state index is -0.279. The maximum Gasteiger partial charge on any atom is 0.273 e. The van der Waals surface area contributed by atoms with Gasteiger partial charge in [0.2, 0.25) is 5.89 Å². The van der Waals surface area contributed by atoms with Crippen molar-refractivity contribution in [3.8, 4) is 11.5 Å². The molecule has 0 atom stereocenters. The molecule has 1 fully saturated rings. The first-order valence-electron chi connectivity index (χ1n) is 12.0. The first kappa shape index (κ1) is 25.6. The maximum atomic E-state index is 12.6. The molecular weight excluding hydrogens is 462 g/mol. The second-order valence-corrected chi connectivity index (χ2v) is 8.51. The highest BCUT2D eigenvalue weighted by atomic mass is 16.5. The van der Waals surface area contributed by atoms with Gasteiger partial charge in [-0.15, -0.1) is 0 Å². The molecule has 10 heteroatoms. The predicted molar refractivity (Wildman–Crippen MR) is 133 cm³/mol. The van der Waals surface area contributed by atoms with Crippen molar-refractivity contribution in [2.24, 2.45) is 0 Å². The Morgan fingerprint density at radius 3 is 2.67 bits per heavy atom. The fourth-order valence-electron chi connectivity index (χ4n) is 4.00. The topological polar surface area (TPSA) is 102 Å². The fraction of sp³-hybridized carbons (Fsp3) is 0.423. The number of benzene rings is 1. The summed E-state index contributed by atoms with van der Waals surface area (Å²) in [5.74, 6) is 1.71. The van der Waals surface area contributed by atoms with Gasteiger partial charge in [-0.2, -0.15) is 0 Å². The highest BCUT2D eigenvalue weighted by Gasteiger charge is 2.19. The molecule has 192 valence electrons. The van der Waals surface area contributed by atoms with Crippen molar-refractivity contribution < 1.29 is 23.4 Å². The van der Waals surface area contributed by atoms with Crippen molar-refractivity contribution in [2.75, 3.05) is 53.6 Å². The van der Waals surface area contributed by atoms with Gasteiger partial charge < -0.3 is 23.9 Å². The van der Waals surface area contributed by atoms with Crippen LogP contribution < -0.4 is 14.8 Å².